The van der Waals surface area contributed by atoms with Gasteiger partial charge in [0.15, 0.2) is 0 Å². The van der Waals surface area contributed by atoms with Gasteiger partial charge in [0, 0.05) is 5.56 Å². The summed E-state index contributed by atoms with van der Waals surface area (Å²) in [6, 6.07) is 9.14. The minimum absolute atomic E-state index is 0.110. The van der Waals surface area contributed by atoms with Crippen molar-refractivity contribution in [3.63, 3.8) is 0 Å². The van der Waals surface area contributed by atoms with E-state index in [4.69, 9.17) is 16.6 Å². The highest BCUT2D eigenvalue weighted by molar-refractivity contribution is 9.19. The molecule has 0 saturated heterocycles. The van der Waals surface area contributed by atoms with Gasteiger partial charge in [-0.1, -0.05) is 30.3 Å². The first-order chi connectivity index (χ1) is 6.61. The number of nitrogens with zero attached hydrogens (tertiary/aromatic N) is 1. The molecular weight excluding hydrogens is 244 g/mol. The molecule has 0 aliphatic heterocycles. The Kier molecular flexibility index (Phi) is 3.53. The van der Waals surface area contributed by atoms with Gasteiger partial charge in [0.1, 0.15) is 10.3 Å². The third-order valence-corrected chi connectivity index (χ3v) is 1.86. The number of halogens is 1. The van der Waals surface area contributed by atoms with Crippen LogP contribution < -0.4 is 5.73 Å². The molecule has 1 aromatic rings. The third-order valence-electron chi connectivity index (χ3n) is 1.49. The Bertz CT molecular complexity index is 383. The maximum atomic E-state index is 7.42. The zero-order valence-electron chi connectivity index (χ0n) is 7.29. The molecular formula is C9H9BrN4. The lowest BCUT2D eigenvalue weighted by Gasteiger charge is -2.02. The normalized spacial score (nSPS) is 11.1. The van der Waals surface area contributed by atoms with E-state index in [1.165, 1.54) is 0 Å². The molecule has 0 aliphatic rings. The number of benzene rings is 1. The lowest BCUT2D eigenvalue weighted by atomic mass is 10.1. The van der Waals surface area contributed by atoms with Gasteiger partial charge in [-0.15, -0.1) is 0 Å². The number of aliphatic imine (C=N–C) groups is 1. The highest BCUT2D eigenvalue weighted by Crippen LogP contribution is 2.05. The summed E-state index contributed by atoms with van der Waals surface area (Å²) < 4.78 is 0.110. The summed E-state index contributed by atoms with van der Waals surface area (Å²) in [6.07, 6.45) is 0. The summed E-state index contributed by atoms with van der Waals surface area (Å²) in [5.41, 5.74) is 6.26. The monoisotopic (exact) mass is 252 g/mol. The Morgan fingerprint density at radius 2 is 1.79 bits per heavy atom. The van der Waals surface area contributed by atoms with Crippen LogP contribution >= 0.6 is 15.9 Å². The van der Waals surface area contributed by atoms with E-state index in [2.05, 4.69) is 20.9 Å². The van der Waals surface area contributed by atoms with Gasteiger partial charge in [-0.2, -0.15) is 0 Å². The van der Waals surface area contributed by atoms with Gasteiger partial charge >= 0.3 is 0 Å². The second kappa shape index (κ2) is 4.66. The standard InChI is InChI=1S/C9H9BrN4/c10-8(11)7(14-9(12)13)6-4-2-1-3-5-6/h1-5,11H,(H3,12,13)/b11-8?,14-7-. The van der Waals surface area contributed by atoms with Gasteiger partial charge in [0.25, 0.3) is 0 Å². The van der Waals surface area contributed by atoms with Crippen molar-refractivity contribution in [3.05, 3.63) is 35.9 Å². The van der Waals surface area contributed by atoms with Gasteiger partial charge in [-0.25, -0.2) is 4.99 Å². The Labute approximate surface area is 90.0 Å². The van der Waals surface area contributed by atoms with E-state index in [9.17, 15) is 0 Å². The quantitative estimate of drug-likeness (QED) is 0.544. The van der Waals surface area contributed by atoms with Crippen molar-refractivity contribution in [2.24, 2.45) is 10.7 Å². The highest BCUT2D eigenvalue weighted by Gasteiger charge is 2.06. The van der Waals surface area contributed by atoms with Gasteiger partial charge in [-0.3, -0.25) is 10.8 Å². The number of guanidine groups is 1. The van der Waals surface area contributed by atoms with E-state index in [-0.39, 0.29) is 10.6 Å². The molecule has 0 spiro atoms. The van der Waals surface area contributed by atoms with Crippen LogP contribution in [0.1, 0.15) is 5.56 Å². The third kappa shape index (κ3) is 2.77. The molecule has 0 aromatic heterocycles. The lowest BCUT2D eigenvalue weighted by Crippen LogP contribution is -2.15. The van der Waals surface area contributed by atoms with E-state index >= 15 is 0 Å². The number of hydrogen-bond acceptors (Lipinski definition) is 2. The van der Waals surface area contributed by atoms with Crippen LogP contribution in [-0.2, 0) is 0 Å². The van der Waals surface area contributed by atoms with E-state index in [0.29, 0.717) is 5.71 Å². The van der Waals surface area contributed by atoms with E-state index in [1.807, 2.05) is 18.2 Å². The van der Waals surface area contributed by atoms with Crippen molar-refractivity contribution in [1.29, 1.82) is 10.8 Å². The molecule has 0 fully saturated rings. The zero-order chi connectivity index (χ0) is 10.6. The van der Waals surface area contributed by atoms with E-state index < -0.39 is 0 Å². The molecule has 1 aromatic carbocycles. The number of hydrogen-bond donors (Lipinski definition) is 3. The average molecular weight is 253 g/mol. The summed E-state index contributed by atoms with van der Waals surface area (Å²) >= 11 is 3.01. The van der Waals surface area contributed by atoms with Crippen LogP contribution in [0.25, 0.3) is 0 Å². The molecule has 0 unspecified atom stereocenters. The van der Waals surface area contributed by atoms with Crippen LogP contribution in [-0.4, -0.2) is 16.3 Å². The first kappa shape index (κ1) is 10.6. The Morgan fingerprint density at radius 3 is 2.21 bits per heavy atom. The first-order valence-electron chi connectivity index (χ1n) is 3.84. The summed E-state index contributed by atoms with van der Waals surface area (Å²) in [4.78, 5) is 3.75. The largest absolute Gasteiger partial charge is 0.368 e. The summed E-state index contributed by atoms with van der Waals surface area (Å²) in [5.74, 6) is -0.312. The molecule has 0 amide bonds. The van der Waals surface area contributed by atoms with Crippen LogP contribution in [0.15, 0.2) is 35.3 Å². The SMILES string of the molecule is N=C(N)/N=C(\C(=N)Br)c1ccccc1. The van der Waals surface area contributed by atoms with Gasteiger partial charge in [-0.05, 0) is 15.9 Å². The molecule has 4 N–H and O–H groups in total. The number of rotatable bonds is 2. The van der Waals surface area contributed by atoms with Gasteiger partial charge in [0.2, 0.25) is 5.96 Å². The lowest BCUT2D eigenvalue weighted by molar-refractivity contribution is 1.38. The van der Waals surface area contributed by atoms with Gasteiger partial charge < -0.3 is 5.73 Å². The molecule has 0 heterocycles. The Hall–Kier alpha value is -1.49. The van der Waals surface area contributed by atoms with Crippen LogP contribution in [0.3, 0.4) is 0 Å². The van der Waals surface area contributed by atoms with Crippen LogP contribution in [0.4, 0.5) is 0 Å². The Balaban J connectivity index is 3.14. The topological polar surface area (TPSA) is 86.1 Å². The van der Waals surface area contributed by atoms with Crippen molar-refractivity contribution in [3.8, 4) is 0 Å². The molecule has 0 atom stereocenters. The summed E-state index contributed by atoms with van der Waals surface area (Å²) in [6.45, 7) is 0. The molecule has 5 heteroatoms. The first-order valence-corrected chi connectivity index (χ1v) is 4.63. The molecule has 0 aliphatic carbocycles. The fourth-order valence-corrected chi connectivity index (χ4v) is 1.27. The molecule has 0 bridgehead atoms. The van der Waals surface area contributed by atoms with Crippen molar-refractivity contribution in [2.45, 2.75) is 0 Å². The summed E-state index contributed by atoms with van der Waals surface area (Å²) in [5, 5.41) is 14.5. The molecule has 4 nitrogen and oxygen atoms in total. The van der Waals surface area contributed by atoms with Crippen LogP contribution in [0, 0.1) is 10.8 Å². The molecule has 0 saturated carbocycles. The van der Waals surface area contributed by atoms with E-state index in [0.717, 1.165) is 5.56 Å². The van der Waals surface area contributed by atoms with Crippen LogP contribution in [0.2, 0.25) is 0 Å². The number of nitrogens with one attached hydrogen (secondary N) is 2. The number of nitrogens with two attached hydrogens (primary N) is 1. The smallest absolute Gasteiger partial charge is 0.213 e. The zero-order valence-corrected chi connectivity index (χ0v) is 8.88. The summed E-state index contributed by atoms with van der Waals surface area (Å²) in [7, 11) is 0. The fourth-order valence-electron chi connectivity index (χ4n) is 0.957. The van der Waals surface area contributed by atoms with Crippen molar-refractivity contribution < 1.29 is 0 Å². The maximum Gasteiger partial charge on any atom is 0.213 e. The van der Waals surface area contributed by atoms with Crippen molar-refractivity contribution >= 4 is 32.2 Å². The van der Waals surface area contributed by atoms with Gasteiger partial charge in [0.05, 0.1) is 0 Å². The molecule has 72 valence electrons. The minimum atomic E-state index is -0.312. The molecule has 14 heavy (non-hydrogen) atoms. The predicted molar refractivity (Wildman–Crippen MR) is 61.5 cm³/mol. The van der Waals surface area contributed by atoms with Crippen LogP contribution in [0.5, 0.6) is 0 Å². The average Bonchev–Trinajstić information content (AvgIpc) is 2.15. The maximum absolute atomic E-state index is 7.42. The predicted octanol–water partition coefficient (Wildman–Crippen LogP) is 1.74. The molecule has 1 rings (SSSR count). The van der Waals surface area contributed by atoms with Crippen molar-refractivity contribution in [2.75, 3.05) is 0 Å². The fraction of sp³-hybridized carbons (Fsp3) is 0. The van der Waals surface area contributed by atoms with Crippen molar-refractivity contribution in [1.82, 2.24) is 0 Å². The second-order valence-corrected chi connectivity index (χ2v) is 3.32. The molecule has 0 radical (unpaired) electrons. The highest BCUT2D eigenvalue weighted by atomic mass is 79.9. The Morgan fingerprint density at radius 1 is 1.21 bits per heavy atom. The minimum Gasteiger partial charge on any atom is -0.368 e. The second-order valence-electron chi connectivity index (χ2n) is 2.53. The van der Waals surface area contributed by atoms with E-state index in [1.54, 1.807) is 12.1 Å².